The van der Waals surface area contributed by atoms with Crippen LogP contribution in [0.4, 0.5) is 5.69 Å². The van der Waals surface area contributed by atoms with E-state index in [1.165, 1.54) is 18.2 Å². The summed E-state index contributed by atoms with van der Waals surface area (Å²) in [4.78, 5) is 21.6. The standard InChI is InChI=1S/C14H18N2O3/c1-11(2)8-9-15-14(17)7-6-12-4-3-5-13(10-12)16(18)19/h3-7,10-11H,8-9H2,1-2H3,(H,15,17). The molecular formula is C14H18N2O3. The lowest BCUT2D eigenvalue weighted by atomic mass is 10.1. The SMILES string of the molecule is CC(C)CCNC(=O)C=Cc1cccc([N+](=O)[O-])c1. The highest BCUT2D eigenvalue weighted by atomic mass is 16.6. The smallest absolute Gasteiger partial charge is 0.270 e. The molecule has 0 saturated carbocycles. The summed E-state index contributed by atoms with van der Waals surface area (Å²) < 4.78 is 0. The first-order valence-corrected chi connectivity index (χ1v) is 6.19. The summed E-state index contributed by atoms with van der Waals surface area (Å²) >= 11 is 0. The van der Waals surface area contributed by atoms with Crippen molar-refractivity contribution in [3.8, 4) is 0 Å². The Morgan fingerprint density at radius 2 is 2.21 bits per heavy atom. The zero-order chi connectivity index (χ0) is 14.3. The first-order chi connectivity index (χ1) is 8.99. The van der Waals surface area contributed by atoms with Crippen molar-refractivity contribution in [3.63, 3.8) is 0 Å². The molecule has 0 fully saturated rings. The average Bonchev–Trinajstić information content (AvgIpc) is 2.36. The van der Waals surface area contributed by atoms with Gasteiger partial charge in [-0.2, -0.15) is 0 Å². The average molecular weight is 262 g/mol. The fourth-order valence-corrected chi connectivity index (χ4v) is 1.46. The molecule has 0 bridgehead atoms. The number of nitro groups is 1. The zero-order valence-corrected chi connectivity index (χ0v) is 11.1. The molecule has 1 N–H and O–H groups in total. The van der Waals surface area contributed by atoms with E-state index in [-0.39, 0.29) is 11.6 Å². The molecule has 0 aromatic heterocycles. The second-order valence-corrected chi connectivity index (χ2v) is 4.66. The van der Waals surface area contributed by atoms with E-state index in [0.29, 0.717) is 18.0 Å². The topological polar surface area (TPSA) is 72.2 Å². The van der Waals surface area contributed by atoms with Crippen LogP contribution in [0.15, 0.2) is 30.3 Å². The van der Waals surface area contributed by atoms with Gasteiger partial charge in [-0.15, -0.1) is 0 Å². The molecule has 0 saturated heterocycles. The second-order valence-electron chi connectivity index (χ2n) is 4.66. The minimum atomic E-state index is -0.458. The summed E-state index contributed by atoms with van der Waals surface area (Å²) in [7, 11) is 0. The fourth-order valence-electron chi connectivity index (χ4n) is 1.46. The molecule has 0 heterocycles. The maximum absolute atomic E-state index is 11.5. The number of benzene rings is 1. The third-order valence-electron chi connectivity index (χ3n) is 2.53. The summed E-state index contributed by atoms with van der Waals surface area (Å²) in [5.41, 5.74) is 0.649. The lowest BCUT2D eigenvalue weighted by Gasteiger charge is -2.04. The Balaban J connectivity index is 2.54. The number of amides is 1. The van der Waals surface area contributed by atoms with Gasteiger partial charge in [-0.1, -0.05) is 26.0 Å². The van der Waals surface area contributed by atoms with Gasteiger partial charge in [-0.25, -0.2) is 0 Å². The lowest BCUT2D eigenvalue weighted by Crippen LogP contribution is -2.23. The molecule has 0 spiro atoms. The van der Waals surface area contributed by atoms with Crippen LogP contribution >= 0.6 is 0 Å². The van der Waals surface area contributed by atoms with Gasteiger partial charge < -0.3 is 5.32 Å². The van der Waals surface area contributed by atoms with Gasteiger partial charge in [-0.05, 0) is 24.0 Å². The van der Waals surface area contributed by atoms with Gasteiger partial charge in [0.05, 0.1) is 4.92 Å². The Morgan fingerprint density at radius 3 is 2.84 bits per heavy atom. The maximum Gasteiger partial charge on any atom is 0.270 e. The molecule has 102 valence electrons. The number of nitrogens with one attached hydrogen (secondary N) is 1. The number of nitro benzene ring substituents is 1. The van der Waals surface area contributed by atoms with E-state index in [1.807, 2.05) is 0 Å². The Bertz CT molecular complexity index is 481. The van der Waals surface area contributed by atoms with Gasteiger partial charge in [0.1, 0.15) is 0 Å². The predicted molar refractivity (Wildman–Crippen MR) is 74.6 cm³/mol. The molecule has 0 aliphatic heterocycles. The zero-order valence-electron chi connectivity index (χ0n) is 11.1. The first kappa shape index (κ1) is 14.9. The summed E-state index contributed by atoms with van der Waals surface area (Å²) in [6.07, 6.45) is 3.88. The summed E-state index contributed by atoms with van der Waals surface area (Å²) in [6, 6.07) is 6.15. The minimum absolute atomic E-state index is 0.0161. The number of non-ortho nitro benzene ring substituents is 1. The number of nitrogens with zero attached hydrogens (tertiary/aromatic N) is 1. The molecule has 1 aromatic carbocycles. The molecular weight excluding hydrogens is 244 g/mol. The van der Waals surface area contributed by atoms with E-state index in [2.05, 4.69) is 19.2 Å². The Morgan fingerprint density at radius 1 is 1.47 bits per heavy atom. The van der Waals surface area contributed by atoms with Crippen LogP contribution in [0.1, 0.15) is 25.8 Å². The van der Waals surface area contributed by atoms with E-state index in [1.54, 1.807) is 18.2 Å². The van der Waals surface area contributed by atoms with Crippen LogP contribution in [-0.2, 0) is 4.79 Å². The molecule has 0 atom stereocenters. The van der Waals surface area contributed by atoms with Crippen molar-refractivity contribution < 1.29 is 9.72 Å². The van der Waals surface area contributed by atoms with Crippen molar-refractivity contribution in [2.24, 2.45) is 5.92 Å². The summed E-state index contributed by atoms with van der Waals surface area (Å²) in [5.74, 6) is 0.355. The number of hydrogen-bond acceptors (Lipinski definition) is 3. The van der Waals surface area contributed by atoms with Gasteiger partial charge in [0.2, 0.25) is 5.91 Å². The molecule has 0 unspecified atom stereocenters. The molecule has 19 heavy (non-hydrogen) atoms. The fraction of sp³-hybridized carbons (Fsp3) is 0.357. The molecule has 1 rings (SSSR count). The van der Waals surface area contributed by atoms with E-state index in [0.717, 1.165) is 6.42 Å². The highest BCUT2D eigenvalue weighted by Gasteiger charge is 2.04. The van der Waals surface area contributed by atoms with Crippen molar-refractivity contribution in [1.82, 2.24) is 5.32 Å². The molecule has 5 heteroatoms. The Hall–Kier alpha value is -2.17. The van der Waals surface area contributed by atoms with E-state index in [4.69, 9.17) is 0 Å². The molecule has 1 aromatic rings. The van der Waals surface area contributed by atoms with Crippen LogP contribution in [0.25, 0.3) is 6.08 Å². The van der Waals surface area contributed by atoms with Crippen LogP contribution < -0.4 is 5.32 Å². The van der Waals surface area contributed by atoms with Gasteiger partial charge in [0.25, 0.3) is 5.69 Å². The quantitative estimate of drug-likeness (QED) is 0.486. The molecule has 5 nitrogen and oxygen atoms in total. The van der Waals surface area contributed by atoms with E-state index < -0.39 is 4.92 Å². The minimum Gasteiger partial charge on any atom is -0.353 e. The van der Waals surface area contributed by atoms with E-state index in [9.17, 15) is 14.9 Å². The normalized spacial score (nSPS) is 10.9. The molecule has 0 aliphatic rings. The summed E-state index contributed by atoms with van der Waals surface area (Å²) in [5, 5.41) is 13.4. The highest BCUT2D eigenvalue weighted by Crippen LogP contribution is 2.13. The monoisotopic (exact) mass is 262 g/mol. The van der Waals surface area contributed by atoms with Gasteiger partial charge in [0, 0.05) is 24.8 Å². The van der Waals surface area contributed by atoms with Gasteiger partial charge in [-0.3, -0.25) is 14.9 Å². The number of hydrogen-bond donors (Lipinski definition) is 1. The second kappa shape index (κ2) is 7.31. The molecule has 0 aliphatic carbocycles. The number of rotatable bonds is 6. The number of carbonyl (C=O) groups is 1. The molecule has 1 amide bonds. The van der Waals surface area contributed by atoms with Crippen molar-refractivity contribution in [2.75, 3.05) is 6.54 Å². The largest absolute Gasteiger partial charge is 0.353 e. The van der Waals surface area contributed by atoms with Crippen LogP contribution in [0.3, 0.4) is 0 Å². The van der Waals surface area contributed by atoms with Crippen LogP contribution in [0.5, 0.6) is 0 Å². The first-order valence-electron chi connectivity index (χ1n) is 6.19. The Labute approximate surface area is 112 Å². The molecule has 0 radical (unpaired) electrons. The number of carbonyl (C=O) groups excluding carboxylic acids is 1. The lowest BCUT2D eigenvalue weighted by molar-refractivity contribution is -0.384. The highest BCUT2D eigenvalue weighted by molar-refractivity contribution is 5.91. The van der Waals surface area contributed by atoms with Crippen LogP contribution in [0, 0.1) is 16.0 Å². The van der Waals surface area contributed by atoms with Gasteiger partial charge in [0.15, 0.2) is 0 Å². The van der Waals surface area contributed by atoms with Crippen molar-refractivity contribution >= 4 is 17.7 Å². The van der Waals surface area contributed by atoms with Crippen molar-refractivity contribution in [1.29, 1.82) is 0 Å². The van der Waals surface area contributed by atoms with Crippen LogP contribution in [-0.4, -0.2) is 17.4 Å². The third kappa shape index (κ3) is 5.81. The maximum atomic E-state index is 11.5. The van der Waals surface area contributed by atoms with Crippen LogP contribution in [0.2, 0.25) is 0 Å². The van der Waals surface area contributed by atoms with Crippen molar-refractivity contribution in [2.45, 2.75) is 20.3 Å². The van der Waals surface area contributed by atoms with Gasteiger partial charge >= 0.3 is 0 Å². The third-order valence-corrected chi connectivity index (χ3v) is 2.53. The van der Waals surface area contributed by atoms with E-state index >= 15 is 0 Å². The van der Waals surface area contributed by atoms with Crippen molar-refractivity contribution in [3.05, 3.63) is 46.0 Å². The Kier molecular flexibility index (Phi) is 5.73. The predicted octanol–water partition coefficient (Wildman–Crippen LogP) is 2.77. The summed E-state index contributed by atoms with van der Waals surface area (Å²) in [6.45, 7) is 4.81.